The van der Waals surface area contributed by atoms with E-state index in [0.29, 0.717) is 29.8 Å². The molecule has 2 aromatic rings. The summed E-state index contributed by atoms with van der Waals surface area (Å²) in [5.74, 6) is 0.401. The number of nitrogens with one attached hydrogen (secondary N) is 1. The zero-order valence-electron chi connectivity index (χ0n) is 13.8. The van der Waals surface area contributed by atoms with E-state index >= 15 is 0 Å². The molecule has 0 spiro atoms. The Labute approximate surface area is 139 Å². The third-order valence-corrected chi connectivity index (χ3v) is 4.30. The summed E-state index contributed by atoms with van der Waals surface area (Å²) in [6, 6.07) is 0.0744. The number of amides is 1. The summed E-state index contributed by atoms with van der Waals surface area (Å²) >= 11 is 0. The number of hydrogen-bond acceptors (Lipinski definition) is 7. The fourth-order valence-corrected chi connectivity index (χ4v) is 3.12. The summed E-state index contributed by atoms with van der Waals surface area (Å²) in [7, 11) is 1.67. The smallest absolute Gasteiger partial charge is 0.273 e. The number of aryl methyl sites for hydroxylation is 1. The molecule has 0 aliphatic heterocycles. The van der Waals surface area contributed by atoms with Crippen molar-refractivity contribution in [3.05, 3.63) is 23.8 Å². The highest BCUT2D eigenvalue weighted by molar-refractivity contribution is 5.96. The first-order valence-corrected chi connectivity index (χ1v) is 7.94. The van der Waals surface area contributed by atoms with E-state index in [4.69, 9.17) is 14.9 Å². The second kappa shape index (κ2) is 6.96. The van der Waals surface area contributed by atoms with Crippen molar-refractivity contribution in [1.82, 2.24) is 20.3 Å². The van der Waals surface area contributed by atoms with Gasteiger partial charge in [0.2, 0.25) is 5.89 Å². The molecule has 8 heteroatoms. The summed E-state index contributed by atoms with van der Waals surface area (Å²) in [5.41, 5.74) is 7.04. The lowest BCUT2D eigenvalue weighted by molar-refractivity contribution is 0.0894. The summed E-state index contributed by atoms with van der Waals surface area (Å²) in [4.78, 5) is 25.1. The largest absolute Gasteiger partial charge is 0.443 e. The molecule has 1 saturated carbocycles. The van der Waals surface area contributed by atoms with Crippen molar-refractivity contribution in [2.45, 2.75) is 32.2 Å². The van der Waals surface area contributed by atoms with Crippen molar-refractivity contribution in [2.24, 2.45) is 5.92 Å². The first-order chi connectivity index (χ1) is 11.6. The minimum atomic E-state index is -0.310. The van der Waals surface area contributed by atoms with E-state index in [1.54, 1.807) is 14.0 Å². The molecule has 2 heterocycles. The van der Waals surface area contributed by atoms with Crippen LogP contribution in [0.2, 0.25) is 0 Å². The van der Waals surface area contributed by atoms with Gasteiger partial charge in [0.1, 0.15) is 12.0 Å². The van der Waals surface area contributed by atoms with Crippen molar-refractivity contribution in [1.29, 1.82) is 0 Å². The van der Waals surface area contributed by atoms with Gasteiger partial charge in [-0.05, 0) is 19.8 Å². The molecule has 1 aliphatic rings. The van der Waals surface area contributed by atoms with Crippen LogP contribution in [-0.4, -0.2) is 40.6 Å². The molecule has 0 aromatic carbocycles. The van der Waals surface area contributed by atoms with E-state index in [1.165, 1.54) is 12.5 Å². The average molecular weight is 331 g/mol. The number of nitrogens with zero attached hydrogens (tertiary/aromatic N) is 3. The SMILES string of the molecule is COC[C@H]1CCC[C@H]1NC(=O)c1nc(C)c(-c2ncco2)nc1N. The maximum absolute atomic E-state index is 12.5. The molecule has 0 radical (unpaired) electrons. The van der Waals surface area contributed by atoms with E-state index in [9.17, 15) is 4.79 Å². The second-order valence-electron chi connectivity index (χ2n) is 5.96. The minimum absolute atomic E-state index is 0.0626. The molecule has 1 fully saturated rings. The number of oxazole rings is 1. The number of nitrogens with two attached hydrogens (primary N) is 1. The molecular weight excluding hydrogens is 310 g/mol. The van der Waals surface area contributed by atoms with Gasteiger partial charge in [-0.3, -0.25) is 4.79 Å². The van der Waals surface area contributed by atoms with Crippen molar-refractivity contribution in [2.75, 3.05) is 19.5 Å². The molecular formula is C16H21N5O3. The lowest BCUT2D eigenvalue weighted by Crippen LogP contribution is -2.39. The molecule has 3 N–H and O–H groups in total. The Morgan fingerprint density at radius 3 is 3.00 bits per heavy atom. The van der Waals surface area contributed by atoms with Crippen LogP contribution in [0.15, 0.2) is 16.9 Å². The summed E-state index contributed by atoms with van der Waals surface area (Å²) < 4.78 is 10.4. The third-order valence-electron chi connectivity index (χ3n) is 4.30. The standard InChI is InChI=1S/C16H21N5O3/c1-9-12(16-18-6-7-24-16)21-14(17)13(19-9)15(22)20-11-5-3-4-10(11)8-23-2/h6-7,10-11H,3-5,8H2,1-2H3,(H2,17,21)(H,20,22)/t10-,11-/m1/s1. The zero-order valence-corrected chi connectivity index (χ0v) is 13.8. The first kappa shape index (κ1) is 16.4. The van der Waals surface area contributed by atoms with Crippen molar-refractivity contribution in [3.8, 4) is 11.6 Å². The van der Waals surface area contributed by atoms with Gasteiger partial charge in [0, 0.05) is 19.1 Å². The van der Waals surface area contributed by atoms with Crippen LogP contribution in [-0.2, 0) is 4.74 Å². The zero-order chi connectivity index (χ0) is 17.1. The molecule has 0 bridgehead atoms. The Bertz CT molecular complexity index is 717. The lowest BCUT2D eigenvalue weighted by atomic mass is 10.0. The van der Waals surface area contributed by atoms with Gasteiger partial charge < -0.3 is 20.2 Å². The quantitative estimate of drug-likeness (QED) is 0.854. The molecule has 2 aromatic heterocycles. The predicted octanol–water partition coefficient (Wildman–Crippen LogP) is 1.57. The molecule has 0 unspecified atom stereocenters. The maximum atomic E-state index is 12.5. The van der Waals surface area contributed by atoms with E-state index in [2.05, 4.69) is 20.3 Å². The number of aromatic nitrogens is 3. The van der Waals surface area contributed by atoms with Crippen LogP contribution in [0, 0.1) is 12.8 Å². The van der Waals surface area contributed by atoms with Gasteiger partial charge in [0.15, 0.2) is 11.5 Å². The number of rotatable bonds is 5. The van der Waals surface area contributed by atoms with Crippen molar-refractivity contribution < 1.29 is 13.9 Å². The highest BCUT2D eigenvalue weighted by Crippen LogP contribution is 2.26. The molecule has 0 saturated heterocycles. The van der Waals surface area contributed by atoms with Gasteiger partial charge in [-0.2, -0.15) is 0 Å². The number of hydrogen-bond donors (Lipinski definition) is 2. The minimum Gasteiger partial charge on any atom is -0.443 e. The molecule has 2 atom stereocenters. The second-order valence-corrected chi connectivity index (χ2v) is 5.96. The number of anilines is 1. The van der Waals surface area contributed by atoms with Gasteiger partial charge >= 0.3 is 0 Å². The van der Waals surface area contributed by atoms with Crippen LogP contribution in [0.25, 0.3) is 11.6 Å². The van der Waals surface area contributed by atoms with Gasteiger partial charge in [0.05, 0.1) is 18.5 Å². The number of nitrogen functional groups attached to an aromatic ring is 1. The molecule has 3 rings (SSSR count). The van der Waals surface area contributed by atoms with Crippen molar-refractivity contribution in [3.63, 3.8) is 0 Å². The van der Waals surface area contributed by atoms with Crippen LogP contribution >= 0.6 is 0 Å². The van der Waals surface area contributed by atoms with Crippen LogP contribution < -0.4 is 11.1 Å². The molecule has 24 heavy (non-hydrogen) atoms. The third kappa shape index (κ3) is 3.23. The van der Waals surface area contributed by atoms with Crippen LogP contribution in [0.5, 0.6) is 0 Å². The van der Waals surface area contributed by atoms with E-state index < -0.39 is 0 Å². The Morgan fingerprint density at radius 2 is 2.29 bits per heavy atom. The van der Waals surface area contributed by atoms with E-state index in [1.807, 2.05) is 0 Å². The predicted molar refractivity (Wildman–Crippen MR) is 87.1 cm³/mol. The van der Waals surface area contributed by atoms with E-state index in [-0.39, 0.29) is 23.5 Å². The number of ether oxygens (including phenoxy) is 1. The fraction of sp³-hybridized carbons (Fsp3) is 0.500. The topological polar surface area (TPSA) is 116 Å². The van der Waals surface area contributed by atoms with E-state index in [0.717, 1.165) is 19.3 Å². The maximum Gasteiger partial charge on any atom is 0.273 e. The van der Waals surface area contributed by atoms with Crippen molar-refractivity contribution >= 4 is 11.7 Å². The Hall–Kier alpha value is -2.48. The molecule has 1 aliphatic carbocycles. The normalized spacial score (nSPS) is 20.2. The number of methoxy groups -OCH3 is 1. The molecule has 1 amide bonds. The van der Waals surface area contributed by atoms with Gasteiger partial charge in [-0.25, -0.2) is 15.0 Å². The van der Waals surface area contributed by atoms with Gasteiger partial charge in [-0.1, -0.05) is 6.42 Å². The number of carbonyl (C=O) groups excluding carboxylic acids is 1. The summed E-state index contributed by atoms with van der Waals surface area (Å²) in [6.07, 6.45) is 6.01. The van der Waals surface area contributed by atoms with Crippen LogP contribution in [0.4, 0.5) is 5.82 Å². The van der Waals surface area contributed by atoms with Crippen LogP contribution in [0.3, 0.4) is 0 Å². The Kier molecular flexibility index (Phi) is 4.75. The van der Waals surface area contributed by atoms with Gasteiger partial charge in [0.25, 0.3) is 5.91 Å². The highest BCUT2D eigenvalue weighted by atomic mass is 16.5. The fourth-order valence-electron chi connectivity index (χ4n) is 3.12. The molecule has 8 nitrogen and oxygen atoms in total. The Morgan fingerprint density at radius 1 is 1.46 bits per heavy atom. The summed E-state index contributed by atoms with van der Waals surface area (Å²) in [5, 5.41) is 3.01. The molecule has 128 valence electrons. The number of carbonyl (C=O) groups is 1. The monoisotopic (exact) mass is 331 g/mol. The summed E-state index contributed by atoms with van der Waals surface area (Å²) in [6.45, 7) is 2.38. The van der Waals surface area contributed by atoms with Gasteiger partial charge in [-0.15, -0.1) is 0 Å². The lowest BCUT2D eigenvalue weighted by Gasteiger charge is -2.20. The first-order valence-electron chi connectivity index (χ1n) is 7.94. The average Bonchev–Trinajstić information content (AvgIpc) is 3.22. The highest BCUT2D eigenvalue weighted by Gasteiger charge is 2.30. The Balaban J connectivity index is 1.79. The van der Waals surface area contributed by atoms with Crippen LogP contribution in [0.1, 0.15) is 35.4 Å².